The molecule has 0 saturated heterocycles. The van der Waals surface area contributed by atoms with Crippen LogP contribution in [0.5, 0.6) is 5.75 Å². The summed E-state index contributed by atoms with van der Waals surface area (Å²) in [5.74, 6) is 0.242. The van der Waals surface area contributed by atoms with Gasteiger partial charge in [-0.15, -0.1) is 0 Å². The summed E-state index contributed by atoms with van der Waals surface area (Å²) in [6.45, 7) is 12.1. The van der Waals surface area contributed by atoms with E-state index in [0.717, 1.165) is 37.1 Å². The number of fused-ring (bicyclic) bond motifs is 1. The number of nitrogens with zero attached hydrogens (tertiary/aromatic N) is 3. The topological polar surface area (TPSA) is 75.5 Å². The molecule has 6 heteroatoms. The molecule has 2 aromatic rings. The molecule has 0 fully saturated rings. The van der Waals surface area contributed by atoms with E-state index in [4.69, 9.17) is 9.84 Å². The highest BCUT2D eigenvalue weighted by Crippen LogP contribution is 2.49. The van der Waals surface area contributed by atoms with E-state index in [2.05, 4.69) is 56.7 Å². The van der Waals surface area contributed by atoms with Crippen LogP contribution in [0.2, 0.25) is 0 Å². The zero-order valence-electron chi connectivity index (χ0n) is 20.4. The minimum Gasteiger partial charge on any atom is -0.491 e. The molecule has 0 aliphatic heterocycles. The van der Waals surface area contributed by atoms with E-state index >= 15 is 0 Å². The Bertz CT molecular complexity index is 952. The number of aromatic carboxylic acids is 1. The highest BCUT2D eigenvalue weighted by atomic mass is 16.5. The zero-order valence-corrected chi connectivity index (χ0v) is 20.4. The maximum absolute atomic E-state index is 11.2. The van der Waals surface area contributed by atoms with E-state index in [9.17, 15) is 4.79 Å². The molecule has 0 saturated carbocycles. The molecule has 1 aliphatic carbocycles. The smallest absolute Gasteiger partial charge is 0.338 e. The molecule has 3 rings (SSSR count). The number of ether oxygens (including phenoxy) is 1. The fraction of sp³-hybridized carbons (Fsp3) is 0.577. The Hall–Kier alpha value is -2.63. The van der Waals surface area contributed by atoms with Crippen LogP contribution in [-0.4, -0.2) is 34.7 Å². The minimum atomic E-state index is -1.03. The number of benzene rings is 1. The fourth-order valence-corrected chi connectivity index (χ4v) is 4.38. The summed E-state index contributed by atoms with van der Waals surface area (Å²) in [6, 6.07) is 4.44. The zero-order chi connectivity index (χ0) is 23.5. The molecule has 6 nitrogen and oxygen atoms in total. The number of rotatable bonds is 9. The molecular formula is C26H37N3O3. The first-order valence-corrected chi connectivity index (χ1v) is 11.7. The van der Waals surface area contributed by atoms with Gasteiger partial charge in [-0.1, -0.05) is 53.9 Å². The van der Waals surface area contributed by atoms with Crippen LogP contribution in [0, 0.1) is 0 Å². The summed E-state index contributed by atoms with van der Waals surface area (Å²) in [5, 5.41) is 9.16. The van der Waals surface area contributed by atoms with E-state index in [1.807, 2.05) is 11.9 Å². The molecule has 1 N–H and O–H groups in total. The van der Waals surface area contributed by atoms with E-state index in [1.54, 1.807) is 0 Å². The maximum atomic E-state index is 11.2. The first-order valence-electron chi connectivity index (χ1n) is 11.7. The molecule has 0 radical (unpaired) electrons. The Balaban J connectivity index is 2.02. The third kappa shape index (κ3) is 5.05. The Morgan fingerprint density at radius 2 is 1.62 bits per heavy atom. The largest absolute Gasteiger partial charge is 0.491 e. The predicted molar refractivity (Wildman–Crippen MR) is 128 cm³/mol. The second kappa shape index (κ2) is 9.47. The van der Waals surface area contributed by atoms with Crippen LogP contribution in [0.1, 0.15) is 94.6 Å². The molecular weight excluding hydrogens is 402 g/mol. The number of aromatic nitrogens is 2. The van der Waals surface area contributed by atoms with Gasteiger partial charge >= 0.3 is 5.97 Å². The van der Waals surface area contributed by atoms with Crippen LogP contribution >= 0.6 is 0 Å². The van der Waals surface area contributed by atoms with Gasteiger partial charge in [0.2, 0.25) is 5.95 Å². The second-order valence-electron chi connectivity index (χ2n) is 10.2. The number of unbranched alkanes of at least 4 members (excludes halogenated alkanes) is 3. The Labute approximate surface area is 192 Å². The van der Waals surface area contributed by atoms with Gasteiger partial charge < -0.3 is 14.7 Å². The molecule has 32 heavy (non-hydrogen) atoms. The molecule has 1 aromatic heterocycles. The van der Waals surface area contributed by atoms with Crippen molar-refractivity contribution in [3.8, 4) is 5.75 Å². The van der Waals surface area contributed by atoms with Gasteiger partial charge in [0, 0.05) is 19.4 Å². The van der Waals surface area contributed by atoms with Gasteiger partial charge in [0.15, 0.2) is 0 Å². The van der Waals surface area contributed by atoms with Crippen molar-refractivity contribution in [1.82, 2.24) is 9.97 Å². The lowest BCUT2D eigenvalue weighted by Gasteiger charge is -2.42. The van der Waals surface area contributed by atoms with Crippen molar-refractivity contribution in [3.63, 3.8) is 0 Å². The minimum absolute atomic E-state index is 0.0636. The first-order chi connectivity index (χ1) is 15.1. The van der Waals surface area contributed by atoms with Gasteiger partial charge in [-0.2, -0.15) is 0 Å². The normalized spacial score (nSPS) is 16.3. The van der Waals surface area contributed by atoms with Crippen LogP contribution in [0.15, 0.2) is 24.5 Å². The highest BCUT2D eigenvalue weighted by Gasteiger charge is 2.38. The third-order valence-corrected chi connectivity index (χ3v) is 6.73. The van der Waals surface area contributed by atoms with E-state index in [-0.39, 0.29) is 16.4 Å². The average Bonchev–Trinajstić information content (AvgIpc) is 2.76. The number of hydrogen-bond acceptors (Lipinski definition) is 5. The quantitative estimate of drug-likeness (QED) is 0.465. The van der Waals surface area contributed by atoms with Crippen LogP contribution in [0.25, 0.3) is 0 Å². The van der Waals surface area contributed by atoms with Crippen molar-refractivity contribution >= 4 is 17.6 Å². The second-order valence-corrected chi connectivity index (χ2v) is 10.2. The summed E-state index contributed by atoms with van der Waals surface area (Å²) in [7, 11) is 1.91. The number of anilines is 2. The summed E-state index contributed by atoms with van der Waals surface area (Å²) >= 11 is 0. The molecule has 174 valence electrons. The Morgan fingerprint density at radius 3 is 2.19 bits per heavy atom. The summed E-state index contributed by atoms with van der Waals surface area (Å²) in [5.41, 5.74) is 3.81. The van der Waals surface area contributed by atoms with Gasteiger partial charge in [0.1, 0.15) is 5.75 Å². The highest BCUT2D eigenvalue weighted by molar-refractivity contribution is 5.87. The van der Waals surface area contributed by atoms with Crippen molar-refractivity contribution in [2.45, 2.75) is 84.0 Å². The predicted octanol–water partition coefficient (Wildman–Crippen LogP) is 6.25. The maximum Gasteiger partial charge on any atom is 0.338 e. The standard InChI is InChI=1S/C26H37N3O3/c1-7-8-9-10-13-32-22-15-20-19(25(2,3)11-12-26(20,4)5)14-21(22)29(6)24-27-16-18(17-28-24)23(30)31/h14-17H,7-13H2,1-6H3,(H,30,31). The summed E-state index contributed by atoms with van der Waals surface area (Å²) in [6.07, 6.45) is 9.54. The van der Waals surface area contributed by atoms with Crippen molar-refractivity contribution in [3.05, 3.63) is 41.2 Å². The molecule has 0 spiro atoms. The average molecular weight is 440 g/mol. The Kier molecular flexibility index (Phi) is 7.11. The molecule has 1 aliphatic rings. The van der Waals surface area contributed by atoms with Gasteiger partial charge in [-0.25, -0.2) is 14.8 Å². The Morgan fingerprint density at radius 1 is 1.03 bits per heavy atom. The molecule has 1 heterocycles. The van der Waals surface area contributed by atoms with Crippen molar-refractivity contribution in [1.29, 1.82) is 0 Å². The molecule has 0 atom stereocenters. The van der Waals surface area contributed by atoms with Gasteiger partial charge in [0.05, 0.1) is 17.9 Å². The van der Waals surface area contributed by atoms with Gasteiger partial charge in [-0.05, 0) is 53.4 Å². The van der Waals surface area contributed by atoms with Crippen LogP contribution < -0.4 is 9.64 Å². The number of hydrogen-bond donors (Lipinski definition) is 1. The van der Waals surface area contributed by atoms with Crippen LogP contribution in [0.4, 0.5) is 11.6 Å². The first kappa shape index (κ1) is 24.0. The van der Waals surface area contributed by atoms with Gasteiger partial charge in [0.25, 0.3) is 0 Å². The number of carbonyl (C=O) groups is 1. The number of carboxylic acids is 1. The van der Waals surface area contributed by atoms with Crippen LogP contribution in [-0.2, 0) is 10.8 Å². The van der Waals surface area contributed by atoms with Crippen molar-refractivity contribution in [2.24, 2.45) is 0 Å². The van der Waals surface area contributed by atoms with Crippen molar-refractivity contribution in [2.75, 3.05) is 18.6 Å². The fourth-order valence-electron chi connectivity index (χ4n) is 4.38. The molecule has 0 unspecified atom stereocenters. The van der Waals surface area contributed by atoms with Crippen molar-refractivity contribution < 1.29 is 14.6 Å². The van der Waals surface area contributed by atoms with E-state index in [0.29, 0.717) is 12.6 Å². The summed E-state index contributed by atoms with van der Waals surface area (Å²) < 4.78 is 6.32. The van der Waals surface area contributed by atoms with E-state index in [1.165, 1.54) is 36.4 Å². The van der Waals surface area contributed by atoms with Crippen LogP contribution in [0.3, 0.4) is 0 Å². The lowest BCUT2D eigenvalue weighted by atomic mass is 9.63. The molecule has 0 amide bonds. The SMILES string of the molecule is CCCCCCOc1cc2c(cc1N(C)c1ncc(C(=O)O)cn1)C(C)(C)CCC2(C)C. The van der Waals surface area contributed by atoms with Gasteiger partial charge in [-0.3, -0.25) is 0 Å². The monoisotopic (exact) mass is 439 g/mol. The lowest BCUT2D eigenvalue weighted by molar-refractivity contribution is 0.0696. The number of carboxylic acid groups (broad SMARTS) is 1. The molecule has 0 bridgehead atoms. The summed E-state index contributed by atoms with van der Waals surface area (Å²) in [4.78, 5) is 21.7. The third-order valence-electron chi connectivity index (χ3n) is 6.73. The van der Waals surface area contributed by atoms with E-state index < -0.39 is 5.97 Å². The molecule has 1 aromatic carbocycles. The lowest BCUT2D eigenvalue weighted by Crippen LogP contribution is -2.34.